The number of rotatable bonds is 5. The average Bonchev–Trinajstić information content (AvgIpc) is 2.94. The molecule has 0 spiro atoms. The molecule has 6 heteroatoms. The molecule has 0 fully saturated rings. The Morgan fingerprint density at radius 3 is 2.77 bits per heavy atom. The zero-order valence-corrected chi connectivity index (χ0v) is 12.6. The van der Waals surface area contributed by atoms with Crippen LogP contribution in [0.15, 0.2) is 30.3 Å². The maximum atomic E-state index is 12.6. The minimum Gasteiger partial charge on any atom is -0.396 e. The first kappa shape index (κ1) is 14.7. The largest absolute Gasteiger partial charge is 0.396 e. The molecule has 1 aliphatic rings. The van der Waals surface area contributed by atoms with Crippen LogP contribution in [0.1, 0.15) is 36.6 Å². The Hall–Kier alpha value is -2.21. The van der Waals surface area contributed by atoms with E-state index in [1.165, 1.54) is 0 Å². The highest BCUT2D eigenvalue weighted by Gasteiger charge is 2.32. The highest BCUT2D eigenvalue weighted by Crippen LogP contribution is 2.24. The van der Waals surface area contributed by atoms with E-state index in [1.807, 2.05) is 46.7 Å². The lowest BCUT2D eigenvalue weighted by Gasteiger charge is -2.32. The highest BCUT2D eigenvalue weighted by molar-refractivity contribution is 5.81. The third-order valence-electron chi connectivity index (χ3n) is 4.00. The molecule has 1 aromatic heterocycles. The number of carbonyl (C=O) groups excluding carboxylic acids is 1. The summed E-state index contributed by atoms with van der Waals surface area (Å²) in [7, 11) is 0. The van der Waals surface area contributed by atoms with Crippen molar-refractivity contribution in [2.75, 3.05) is 6.61 Å². The standard InChI is InChI=1S/C16H20N4O2/c1-12-16(22)19(10-13-6-3-2-4-7-13)11-15-18-17-14(20(12)15)8-5-9-21/h2-4,6-7,12,21H,5,8-11H2,1H3/t12-/m0/s1. The molecule has 1 N–H and O–H groups in total. The number of hydrogen-bond donors (Lipinski definition) is 1. The van der Waals surface area contributed by atoms with E-state index >= 15 is 0 Å². The molecule has 2 aromatic rings. The van der Waals surface area contributed by atoms with Crippen molar-refractivity contribution in [3.8, 4) is 0 Å². The van der Waals surface area contributed by atoms with Crippen molar-refractivity contribution in [2.24, 2.45) is 0 Å². The van der Waals surface area contributed by atoms with E-state index in [9.17, 15) is 4.79 Å². The second-order valence-electron chi connectivity index (χ2n) is 5.59. The van der Waals surface area contributed by atoms with E-state index in [4.69, 9.17) is 5.11 Å². The van der Waals surface area contributed by atoms with Gasteiger partial charge in [0.2, 0.25) is 5.91 Å². The molecule has 1 atom stereocenters. The van der Waals surface area contributed by atoms with Gasteiger partial charge in [0.05, 0.1) is 6.54 Å². The Morgan fingerprint density at radius 1 is 1.27 bits per heavy atom. The minimum atomic E-state index is -0.295. The number of benzene rings is 1. The number of amides is 1. The fourth-order valence-electron chi connectivity index (χ4n) is 2.88. The van der Waals surface area contributed by atoms with Gasteiger partial charge >= 0.3 is 0 Å². The summed E-state index contributed by atoms with van der Waals surface area (Å²) in [5, 5.41) is 17.4. The molecule has 0 unspecified atom stereocenters. The first-order chi connectivity index (χ1) is 10.7. The van der Waals surface area contributed by atoms with Crippen molar-refractivity contribution in [2.45, 2.75) is 38.9 Å². The van der Waals surface area contributed by atoms with Gasteiger partial charge in [0.15, 0.2) is 5.82 Å². The summed E-state index contributed by atoms with van der Waals surface area (Å²) < 4.78 is 1.92. The Bertz CT molecular complexity index is 653. The second-order valence-corrected chi connectivity index (χ2v) is 5.59. The molecule has 0 saturated heterocycles. The molecule has 2 heterocycles. The first-order valence-corrected chi connectivity index (χ1v) is 7.57. The van der Waals surface area contributed by atoms with Crippen molar-refractivity contribution >= 4 is 5.91 Å². The molecule has 0 radical (unpaired) electrons. The molecule has 1 aromatic carbocycles. The molecule has 0 bridgehead atoms. The Balaban J connectivity index is 1.81. The molecule has 1 amide bonds. The van der Waals surface area contributed by atoms with Gasteiger partial charge in [-0.15, -0.1) is 10.2 Å². The maximum Gasteiger partial charge on any atom is 0.246 e. The molecule has 3 rings (SSSR count). The number of carbonyl (C=O) groups is 1. The summed E-state index contributed by atoms with van der Waals surface area (Å²) >= 11 is 0. The monoisotopic (exact) mass is 300 g/mol. The lowest BCUT2D eigenvalue weighted by molar-refractivity contribution is -0.137. The number of hydrogen-bond acceptors (Lipinski definition) is 4. The van der Waals surface area contributed by atoms with Gasteiger partial charge in [-0.25, -0.2) is 0 Å². The molecular formula is C16H20N4O2. The van der Waals surface area contributed by atoms with E-state index in [2.05, 4.69) is 10.2 Å². The Labute approximate surface area is 129 Å². The van der Waals surface area contributed by atoms with Crippen LogP contribution in [0.5, 0.6) is 0 Å². The van der Waals surface area contributed by atoms with E-state index in [-0.39, 0.29) is 18.6 Å². The number of aliphatic hydroxyl groups is 1. The van der Waals surface area contributed by atoms with E-state index in [0.717, 1.165) is 17.2 Å². The Morgan fingerprint density at radius 2 is 2.05 bits per heavy atom. The van der Waals surface area contributed by atoms with Crippen molar-refractivity contribution in [1.82, 2.24) is 19.7 Å². The summed E-state index contributed by atoms with van der Waals surface area (Å²) in [5.74, 6) is 1.68. The predicted octanol–water partition coefficient (Wildman–Crippen LogP) is 1.31. The summed E-state index contributed by atoms with van der Waals surface area (Å²) in [5.41, 5.74) is 1.11. The lowest BCUT2D eigenvalue weighted by atomic mass is 10.1. The number of fused-ring (bicyclic) bond motifs is 1. The summed E-state index contributed by atoms with van der Waals surface area (Å²) in [6.45, 7) is 3.06. The Kier molecular flexibility index (Phi) is 4.20. The van der Waals surface area contributed by atoms with Gasteiger partial charge in [-0.1, -0.05) is 30.3 Å². The van der Waals surface area contributed by atoms with E-state index in [1.54, 1.807) is 0 Å². The topological polar surface area (TPSA) is 71.2 Å². The van der Waals surface area contributed by atoms with E-state index in [0.29, 0.717) is 25.9 Å². The summed E-state index contributed by atoms with van der Waals surface area (Å²) in [4.78, 5) is 14.4. The van der Waals surface area contributed by atoms with Gasteiger partial charge in [-0.2, -0.15) is 0 Å². The molecule has 1 aliphatic heterocycles. The van der Waals surface area contributed by atoms with Crippen LogP contribution in [0.3, 0.4) is 0 Å². The number of aromatic nitrogens is 3. The van der Waals surface area contributed by atoms with Crippen molar-refractivity contribution in [3.05, 3.63) is 47.5 Å². The lowest BCUT2D eigenvalue weighted by Crippen LogP contribution is -2.41. The number of nitrogens with zero attached hydrogens (tertiary/aromatic N) is 4. The number of aliphatic hydroxyl groups excluding tert-OH is 1. The van der Waals surface area contributed by atoms with Gasteiger partial charge in [-0.3, -0.25) is 4.79 Å². The van der Waals surface area contributed by atoms with Crippen LogP contribution in [-0.4, -0.2) is 37.3 Å². The third-order valence-corrected chi connectivity index (χ3v) is 4.00. The van der Waals surface area contributed by atoms with Crippen LogP contribution in [0.4, 0.5) is 0 Å². The molecular weight excluding hydrogens is 280 g/mol. The van der Waals surface area contributed by atoms with Crippen LogP contribution >= 0.6 is 0 Å². The zero-order valence-electron chi connectivity index (χ0n) is 12.6. The summed E-state index contributed by atoms with van der Waals surface area (Å²) in [6, 6.07) is 9.66. The van der Waals surface area contributed by atoms with Gasteiger partial charge in [0.25, 0.3) is 0 Å². The third kappa shape index (κ3) is 2.74. The smallest absolute Gasteiger partial charge is 0.246 e. The number of aryl methyl sites for hydroxylation is 1. The molecule has 6 nitrogen and oxygen atoms in total. The minimum absolute atomic E-state index is 0.0846. The average molecular weight is 300 g/mol. The maximum absolute atomic E-state index is 12.6. The normalized spacial score (nSPS) is 17.6. The summed E-state index contributed by atoms with van der Waals surface area (Å²) in [6.07, 6.45) is 1.27. The van der Waals surface area contributed by atoms with Crippen molar-refractivity contribution in [1.29, 1.82) is 0 Å². The van der Waals surface area contributed by atoms with Gasteiger partial charge in [0, 0.05) is 19.6 Å². The molecule has 0 aliphatic carbocycles. The van der Waals surface area contributed by atoms with Gasteiger partial charge < -0.3 is 14.6 Å². The van der Waals surface area contributed by atoms with Crippen LogP contribution in [0.2, 0.25) is 0 Å². The molecule has 116 valence electrons. The fourth-order valence-corrected chi connectivity index (χ4v) is 2.88. The van der Waals surface area contributed by atoms with Crippen LogP contribution < -0.4 is 0 Å². The van der Waals surface area contributed by atoms with Crippen LogP contribution in [0.25, 0.3) is 0 Å². The fraction of sp³-hybridized carbons (Fsp3) is 0.438. The molecule has 22 heavy (non-hydrogen) atoms. The van der Waals surface area contributed by atoms with Crippen LogP contribution in [-0.2, 0) is 24.3 Å². The van der Waals surface area contributed by atoms with Gasteiger partial charge in [0.1, 0.15) is 11.9 Å². The SMILES string of the molecule is C[C@H]1C(=O)N(Cc2ccccc2)Cc2nnc(CCCO)n21. The van der Waals surface area contributed by atoms with Crippen molar-refractivity contribution in [3.63, 3.8) is 0 Å². The predicted molar refractivity (Wildman–Crippen MR) is 80.8 cm³/mol. The molecule has 0 saturated carbocycles. The van der Waals surface area contributed by atoms with Gasteiger partial charge in [-0.05, 0) is 18.9 Å². The van der Waals surface area contributed by atoms with E-state index < -0.39 is 0 Å². The van der Waals surface area contributed by atoms with Crippen molar-refractivity contribution < 1.29 is 9.90 Å². The zero-order chi connectivity index (χ0) is 15.5. The quantitative estimate of drug-likeness (QED) is 0.903. The first-order valence-electron chi connectivity index (χ1n) is 7.57. The highest BCUT2D eigenvalue weighted by atomic mass is 16.3. The second kappa shape index (κ2) is 6.27. The van der Waals surface area contributed by atoms with Crippen LogP contribution in [0, 0.1) is 0 Å².